The van der Waals surface area contributed by atoms with Crippen LogP contribution < -0.4 is 0 Å². The first-order valence-corrected chi connectivity index (χ1v) is 7.16. The zero-order valence-corrected chi connectivity index (χ0v) is 11.2. The molecule has 1 atom stereocenters. The highest BCUT2D eigenvalue weighted by Gasteiger charge is 2.28. The maximum absolute atomic E-state index is 5.46. The average molecular weight is 249 g/mol. The number of hydrogen-bond acceptors (Lipinski definition) is 3. The fourth-order valence-corrected chi connectivity index (χ4v) is 3.25. The number of aromatic amines is 1. The molecule has 2 aliphatic heterocycles. The van der Waals surface area contributed by atoms with E-state index in [1.807, 2.05) is 6.20 Å². The van der Waals surface area contributed by atoms with Crippen LogP contribution in [0.5, 0.6) is 0 Å². The van der Waals surface area contributed by atoms with E-state index in [9.17, 15) is 0 Å². The first kappa shape index (κ1) is 12.2. The lowest BCUT2D eigenvalue weighted by molar-refractivity contribution is 0.0235. The van der Waals surface area contributed by atoms with Crippen LogP contribution in [-0.4, -0.2) is 47.2 Å². The number of nitrogens with one attached hydrogen (secondary N) is 1. The van der Waals surface area contributed by atoms with Crippen LogP contribution in [0.2, 0.25) is 0 Å². The second kappa shape index (κ2) is 5.41. The maximum atomic E-state index is 5.46. The molecule has 3 heterocycles. The molecule has 2 aliphatic rings. The van der Waals surface area contributed by atoms with Crippen molar-refractivity contribution in [3.05, 3.63) is 17.7 Å². The maximum Gasteiger partial charge on any atom is 0.110 e. The molecule has 1 aromatic rings. The Morgan fingerprint density at radius 1 is 1.33 bits per heavy atom. The number of H-pyrrole nitrogens is 1. The van der Waals surface area contributed by atoms with E-state index in [2.05, 4.69) is 21.8 Å². The van der Waals surface area contributed by atoms with Crippen LogP contribution in [0.15, 0.2) is 6.20 Å². The van der Waals surface area contributed by atoms with Gasteiger partial charge in [-0.1, -0.05) is 0 Å². The van der Waals surface area contributed by atoms with E-state index in [1.165, 1.54) is 43.7 Å². The summed E-state index contributed by atoms with van der Waals surface area (Å²) < 4.78 is 5.46. The summed E-state index contributed by atoms with van der Waals surface area (Å²) in [5.74, 6) is 1.78. The molecule has 0 spiro atoms. The third-order valence-corrected chi connectivity index (χ3v) is 4.27. The van der Waals surface area contributed by atoms with E-state index >= 15 is 0 Å². The van der Waals surface area contributed by atoms with E-state index in [0.717, 1.165) is 25.8 Å². The number of aromatic nitrogens is 2. The minimum absolute atomic E-state index is 0.593. The van der Waals surface area contributed by atoms with Gasteiger partial charge in [0.05, 0.1) is 0 Å². The molecule has 2 fully saturated rings. The minimum atomic E-state index is 0.593. The van der Waals surface area contributed by atoms with Crippen molar-refractivity contribution in [3.63, 3.8) is 0 Å². The highest BCUT2D eigenvalue weighted by atomic mass is 16.5. The Balaban J connectivity index is 1.64. The lowest BCUT2D eigenvalue weighted by Gasteiger charge is -2.39. The fraction of sp³-hybridized carbons (Fsp3) is 0.786. The third kappa shape index (κ3) is 2.59. The SMILES string of the molecule is Cc1cnc([C@@H]2CCCN(C3CCOCC3)C2)[nH]1. The van der Waals surface area contributed by atoms with Gasteiger partial charge in [-0.25, -0.2) is 4.98 Å². The summed E-state index contributed by atoms with van der Waals surface area (Å²) in [6.45, 7) is 6.37. The summed E-state index contributed by atoms with van der Waals surface area (Å²) >= 11 is 0. The Morgan fingerprint density at radius 2 is 2.17 bits per heavy atom. The smallest absolute Gasteiger partial charge is 0.110 e. The predicted octanol–water partition coefficient (Wildman–Crippen LogP) is 2.08. The Hall–Kier alpha value is -0.870. The van der Waals surface area contributed by atoms with Crippen molar-refractivity contribution >= 4 is 0 Å². The lowest BCUT2D eigenvalue weighted by Crippen LogP contribution is -2.44. The first-order chi connectivity index (χ1) is 8.83. The summed E-state index contributed by atoms with van der Waals surface area (Å²) in [6.07, 6.45) is 6.91. The zero-order chi connectivity index (χ0) is 12.4. The van der Waals surface area contributed by atoms with Crippen LogP contribution in [0, 0.1) is 6.92 Å². The van der Waals surface area contributed by atoms with E-state index < -0.39 is 0 Å². The van der Waals surface area contributed by atoms with Crippen LogP contribution in [0.4, 0.5) is 0 Å². The van der Waals surface area contributed by atoms with Gasteiger partial charge in [0.25, 0.3) is 0 Å². The number of likely N-dealkylation sites (tertiary alicyclic amines) is 1. The molecule has 1 aromatic heterocycles. The van der Waals surface area contributed by atoms with Crippen molar-refractivity contribution in [2.24, 2.45) is 0 Å². The van der Waals surface area contributed by atoms with Gasteiger partial charge in [-0.3, -0.25) is 4.90 Å². The number of piperidine rings is 1. The van der Waals surface area contributed by atoms with E-state index in [0.29, 0.717) is 5.92 Å². The van der Waals surface area contributed by atoms with Crippen LogP contribution >= 0.6 is 0 Å². The Labute approximate surface area is 109 Å². The quantitative estimate of drug-likeness (QED) is 0.872. The van der Waals surface area contributed by atoms with Gasteiger partial charge in [-0.15, -0.1) is 0 Å². The highest BCUT2D eigenvalue weighted by molar-refractivity contribution is 5.06. The number of aryl methyl sites for hydroxylation is 1. The molecule has 0 radical (unpaired) electrons. The molecule has 3 rings (SSSR count). The molecule has 4 nitrogen and oxygen atoms in total. The standard InChI is InChI=1S/C14H23N3O/c1-11-9-15-14(16-11)12-3-2-6-17(10-12)13-4-7-18-8-5-13/h9,12-13H,2-8,10H2,1H3,(H,15,16)/t12-/m1/s1. The van der Waals surface area contributed by atoms with Crippen LogP contribution in [0.1, 0.15) is 43.1 Å². The number of rotatable bonds is 2. The van der Waals surface area contributed by atoms with E-state index in [1.54, 1.807) is 0 Å². The molecule has 1 N–H and O–H groups in total. The molecular weight excluding hydrogens is 226 g/mol. The molecule has 0 saturated carbocycles. The molecule has 0 aromatic carbocycles. The third-order valence-electron chi connectivity index (χ3n) is 4.27. The summed E-state index contributed by atoms with van der Waals surface area (Å²) in [7, 11) is 0. The van der Waals surface area contributed by atoms with Crippen LogP contribution in [-0.2, 0) is 4.74 Å². The topological polar surface area (TPSA) is 41.2 Å². The van der Waals surface area contributed by atoms with Gasteiger partial charge in [0.2, 0.25) is 0 Å². The van der Waals surface area contributed by atoms with Crippen molar-refractivity contribution in [1.29, 1.82) is 0 Å². The zero-order valence-electron chi connectivity index (χ0n) is 11.2. The normalized spacial score (nSPS) is 27.5. The summed E-state index contributed by atoms with van der Waals surface area (Å²) in [5, 5.41) is 0. The number of imidazole rings is 1. The van der Waals surface area contributed by atoms with Crippen LogP contribution in [0.3, 0.4) is 0 Å². The highest BCUT2D eigenvalue weighted by Crippen LogP contribution is 2.28. The first-order valence-electron chi connectivity index (χ1n) is 7.16. The fourth-order valence-electron chi connectivity index (χ4n) is 3.25. The molecule has 2 saturated heterocycles. The molecule has 4 heteroatoms. The van der Waals surface area contributed by atoms with Crippen molar-refractivity contribution in [2.45, 2.75) is 44.6 Å². The molecule has 18 heavy (non-hydrogen) atoms. The largest absolute Gasteiger partial charge is 0.381 e. The number of nitrogens with zero attached hydrogens (tertiary/aromatic N) is 2. The van der Waals surface area contributed by atoms with Gasteiger partial charge in [-0.05, 0) is 39.2 Å². The van der Waals surface area contributed by atoms with Crippen LogP contribution in [0.25, 0.3) is 0 Å². The summed E-state index contributed by atoms with van der Waals surface area (Å²) in [5.41, 5.74) is 1.17. The Morgan fingerprint density at radius 3 is 2.89 bits per heavy atom. The molecule has 0 aliphatic carbocycles. The molecule has 0 bridgehead atoms. The van der Waals surface area contributed by atoms with E-state index in [-0.39, 0.29) is 0 Å². The lowest BCUT2D eigenvalue weighted by atomic mass is 9.94. The van der Waals surface area contributed by atoms with Gasteiger partial charge in [0.1, 0.15) is 5.82 Å². The van der Waals surface area contributed by atoms with Gasteiger partial charge >= 0.3 is 0 Å². The summed E-state index contributed by atoms with van der Waals surface area (Å²) in [6, 6.07) is 0.734. The van der Waals surface area contributed by atoms with Crippen molar-refractivity contribution in [1.82, 2.24) is 14.9 Å². The van der Waals surface area contributed by atoms with Gasteiger partial charge in [-0.2, -0.15) is 0 Å². The predicted molar refractivity (Wildman–Crippen MR) is 70.7 cm³/mol. The second-order valence-electron chi connectivity index (χ2n) is 5.63. The monoisotopic (exact) mass is 249 g/mol. The Kier molecular flexibility index (Phi) is 3.66. The Bertz CT molecular complexity index is 384. The number of hydrogen-bond donors (Lipinski definition) is 1. The van der Waals surface area contributed by atoms with E-state index in [4.69, 9.17) is 4.74 Å². The van der Waals surface area contributed by atoms with Gasteiger partial charge in [0.15, 0.2) is 0 Å². The van der Waals surface area contributed by atoms with Crippen molar-refractivity contribution in [3.8, 4) is 0 Å². The second-order valence-corrected chi connectivity index (χ2v) is 5.63. The molecule has 0 unspecified atom stereocenters. The molecule has 0 amide bonds. The van der Waals surface area contributed by atoms with Gasteiger partial charge in [0, 0.05) is 43.6 Å². The van der Waals surface area contributed by atoms with Gasteiger partial charge < -0.3 is 9.72 Å². The van der Waals surface area contributed by atoms with Crippen molar-refractivity contribution < 1.29 is 4.74 Å². The minimum Gasteiger partial charge on any atom is -0.381 e. The average Bonchev–Trinajstić information content (AvgIpc) is 2.87. The summed E-state index contributed by atoms with van der Waals surface area (Å²) in [4.78, 5) is 10.6. The van der Waals surface area contributed by atoms with Crippen molar-refractivity contribution in [2.75, 3.05) is 26.3 Å². The molecule has 100 valence electrons. The molecular formula is C14H23N3O. The number of ether oxygens (including phenoxy) is 1.